The molecule has 2 heterocycles. The Morgan fingerprint density at radius 3 is 2.43 bits per heavy atom. The summed E-state index contributed by atoms with van der Waals surface area (Å²) in [4.78, 5) is 2.52. The Hall–Kier alpha value is -0.120. The van der Waals surface area contributed by atoms with Gasteiger partial charge in [-0.3, -0.25) is 4.90 Å². The summed E-state index contributed by atoms with van der Waals surface area (Å²) in [7, 11) is 0. The molecule has 3 nitrogen and oxygen atoms in total. The average Bonchev–Trinajstić information content (AvgIpc) is 2.43. The van der Waals surface area contributed by atoms with Gasteiger partial charge in [-0.05, 0) is 18.8 Å². The Morgan fingerprint density at radius 1 is 1.43 bits per heavy atom. The fraction of sp³-hybridized carbons (Fsp3) is 1.00. The van der Waals surface area contributed by atoms with Gasteiger partial charge < -0.3 is 10.5 Å². The van der Waals surface area contributed by atoms with Crippen LogP contribution in [0.5, 0.6) is 0 Å². The van der Waals surface area contributed by atoms with E-state index in [1.165, 1.54) is 0 Å². The number of likely N-dealkylation sites (tertiary alicyclic amines) is 1. The first-order valence-corrected chi connectivity index (χ1v) is 5.57. The first kappa shape index (κ1) is 10.4. The molecule has 2 atom stereocenters. The molecule has 0 aromatic carbocycles. The maximum Gasteiger partial charge on any atom is 0.0743 e. The summed E-state index contributed by atoms with van der Waals surface area (Å²) in [5, 5.41) is 0. The van der Waals surface area contributed by atoms with E-state index < -0.39 is 0 Å². The van der Waals surface area contributed by atoms with Gasteiger partial charge in [-0.25, -0.2) is 0 Å². The van der Waals surface area contributed by atoms with Crippen LogP contribution in [0.4, 0.5) is 0 Å². The van der Waals surface area contributed by atoms with Crippen LogP contribution in [0.25, 0.3) is 0 Å². The second-order valence-corrected chi connectivity index (χ2v) is 5.59. The summed E-state index contributed by atoms with van der Waals surface area (Å²) in [6.07, 6.45) is 1.39. The molecule has 0 spiro atoms. The van der Waals surface area contributed by atoms with E-state index in [1.807, 2.05) is 0 Å². The second kappa shape index (κ2) is 3.19. The normalized spacial score (nSPS) is 42.4. The van der Waals surface area contributed by atoms with Crippen LogP contribution in [0.3, 0.4) is 0 Å². The molecule has 0 aliphatic carbocycles. The van der Waals surface area contributed by atoms with Crippen LogP contribution < -0.4 is 5.73 Å². The topological polar surface area (TPSA) is 38.5 Å². The molecule has 2 saturated heterocycles. The first-order valence-electron chi connectivity index (χ1n) is 5.57. The zero-order chi connectivity index (χ0) is 10.4. The fourth-order valence-electron chi connectivity index (χ4n) is 2.89. The second-order valence-electron chi connectivity index (χ2n) is 5.59. The smallest absolute Gasteiger partial charge is 0.0743 e. The van der Waals surface area contributed by atoms with Gasteiger partial charge in [-0.2, -0.15) is 0 Å². The number of ether oxygens (including phenoxy) is 1. The molecule has 0 bridgehead atoms. The Morgan fingerprint density at radius 2 is 2.07 bits per heavy atom. The molecule has 0 amide bonds. The predicted octanol–water partition coefficient (Wildman–Crippen LogP) is 0.834. The summed E-state index contributed by atoms with van der Waals surface area (Å²) < 4.78 is 5.66. The molecule has 0 radical (unpaired) electrons. The van der Waals surface area contributed by atoms with E-state index in [4.69, 9.17) is 10.5 Å². The van der Waals surface area contributed by atoms with Crippen molar-refractivity contribution in [2.75, 3.05) is 26.2 Å². The van der Waals surface area contributed by atoms with E-state index in [0.29, 0.717) is 11.5 Å². The largest absolute Gasteiger partial charge is 0.376 e. The lowest BCUT2D eigenvalue weighted by molar-refractivity contribution is -0.0819. The summed E-state index contributed by atoms with van der Waals surface area (Å²) in [5.41, 5.74) is 6.55. The van der Waals surface area contributed by atoms with E-state index in [9.17, 15) is 0 Å². The van der Waals surface area contributed by atoms with Gasteiger partial charge in [-0.1, -0.05) is 13.8 Å². The minimum absolute atomic E-state index is 0.134. The van der Waals surface area contributed by atoms with Crippen LogP contribution in [-0.2, 0) is 4.74 Å². The molecule has 2 aliphatic rings. The van der Waals surface area contributed by atoms with E-state index in [0.717, 1.165) is 32.7 Å². The summed E-state index contributed by atoms with van der Waals surface area (Å²) >= 11 is 0. The molecular weight excluding hydrogens is 176 g/mol. The lowest BCUT2D eigenvalue weighted by atomic mass is 9.77. The van der Waals surface area contributed by atoms with Crippen LogP contribution in [-0.4, -0.2) is 42.8 Å². The highest BCUT2D eigenvalue weighted by Crippen LogP contribution is 2.40. The van der Waals surface area contributed by atoms with Crippen LogP contribution in [0.1, 0.15) is 27.2 Å². The number of hydrogen-bond donors (Lipinski definition) is 1. The molecule has 14 heavy (non-hydrogen) atoms. The third-order valence-corrected chi connectivity index (χ3v) is 3.88. The van der Waals surface area contributed by atoms with Crippen LogP contribution in [0.15, 0.2) is 0 Å². The standard InChI is InChI=1S/C11H22N2O/c1-9-11(6-12,4-5-14-9)13-7-10(2,3)8-13/h9H,4-8,12H2,1-3H3. The molecule has 0 aromatic rings. The van der Waals surface area contributed by atoms with Crippen molar-refractivity contribution in [2.45, 2.75) is 38.8 Å². The SMILES string of the molecule is CC1OCCC1(CN)N1CC(C)(C)C1. The van der Waals surface area contributed by atoms with Crippen molar-refractivity contribution >= 4 is 0 Å². The lowest BCUT2D eigenvalue weighted by Crippen LogP contribution is -2.68. The number of hydrogen-bond acceptors (Lipinski definition) is 3. The van der Waals surface area contributed by atoms with Crippen molar-refractivity contribution < 1.29 is 4.74 Å². The fourth-order valence-corrected chi connectivity index (χ4v) is 2.89. The summed E-state index contributed by atoms with van der Waals surface area (Å²) in [6, 6.07) is 0. The summed E-state index contributed by atoms with van der Waals surface area (Å²) in [5.74, 6) is 0. The van der Waals surface area contributed by atoms with Gasteiger partial charge in [0.25, 0.3) is 0 Å². The number of rotatable bonds is 2. The van der Waals surface area contributed by atoms with Crippen molar-refractivity contribution in [3.8, 4) is 0 Å². The number of nitrogens with two attached hydrogens (primary N) is 1. The highest BCUT2D eigenvalue weighted by molar-refractivity contribution is 5.06. The predicted molar refractivity (Wildman–Crippen MR) is 57.2 cm³/mol. The molecule has 2 aliphatic heterocycles. The van der Waals surface area contributed by atoms with Gasteiger partial charge in [0.15, 0.2) is 0 Å². The maximum atomic E-state index is 5.94. The third-order valence-electron chi connectivity index (χ3n) is 3.88. The van der Waals surface area contributed by atoms with Crippen molar-refractivity contribution in [1.82, 2.24) is 4.90 Å². The van der Waals surface area contributed by atoms with E-state index in [1.54, 1.807) is 0 Å². The van der Waals surface area contributed by atoms with Gasteiger partial charge in [0.2, 0.25) is 0 Å². The van der Waals surface area contributed by atoms with Crippen LogP contribution >= 0.6 is 0 Å². The highest BCUT2D eigenvalue weighted by Gasteiger charge is 2.51. The molecule has 2 unspecified atom stereocenters. The van der Waals surface area contributed by atoms with Crippen LogP contribution in [0.2, 0.25) is 0 Å². The number of nitrogens with zero attached hydrogens (tertiary/aromatic N) is 1. The van der Waals surface area contributed by atoms with Gasteiger partial charge >= 0.3 is 0 Å². The summed E-state index contributed by atoms with van der Waals surface area (Å²) in [6.45, 7) is 10.7. The monoisotopic (exact) mass is 198 g/mol. The van der Waals surface area contributed by atoms with E-state index >= 15 is 0 Å². The van der Waals surface area contributed by atoms with Crippen molar-refractivity contribution in [3.05, 3.63) is 0 Å². The quantitative estimate of drug-likeness (QED) is 0.714. The maximum absolute atomic E-state index is 5.94. The Kier molecular flexibility index (Phi) is 2.37. The zero-order valence-corrected chi connectivity index (χ0v) is 9.55. The molecule has 0 saturated carbocycles. The molecule has 2 rings (SSSR count). The Balaban J connectivity index is 2.07. The van der Waals surface area contributed by atoms with E-state index in [-0.39, 0.29) is 5.54 Å². The first-order chi connectivity index (χ1) is 6.50. The van der Waals surface area contributed by atoms with Gasteiger partial charge in [0.1, 0.15) is 0 Å². The van der Waals surface area contributed by atoms with Crippen molar-refractivity contribution in [1.29, 1.82) is 0 Å². The molecule has 82 valence electrons. The van der Waals surface area contributed by atoms with E-state index in [2.05, 4.69) is 25.7 Å². The molecule has 0 aromatic heterocycles. The lowest BCUT2D eigenvalue weighted by Gasteiger charge is -2.55. The molecule has 3 heteroatoms. The minimum Gasteiger partial charge on any atom is -0.376 e. The van der Waals surface area contributed by atoms with Crippen molar-refractivity contribution in [3.63, 3.8) is 0 Å². The Labute approximate surface area is 86.6 Å². The van der Waals surface area contributed by atoms with Gasteiger partial charge in [0, 0.05) is 26.2 Å². The van der Waals surface area contributed by atoms with Crippen LogP contribution in [0, 0.1) is 5.41 Å². The highest BCUT2D eigenvalue weighted by atomic mass is 16.5. The molecule has 2 fully saturated rings. The minimum atomic E-state index is 0.134. The molecule has 2 N–H and O–H groups in total. The van der Waals surface area contributed by atoms with Crippen molar-refractivity contribution in [2.24, 2.45) is 11.1 Å². The third kappa shape index (κ3) is 1.38. The average molecular weight is 198 g/mol. The van der Waals surface area contributed by atoms with Gasteiger partial charge in [0.05, 0.1) is 11.6 Å². The van der Waals surface area contributed by atoms with Gasteiger partial charge in [-0.15, -0.1) is 0 Å². The zero-order valence-electron chi connectivity index (χ0n) is 9.55. The Bertz CT molecular complexity index is 221. The molecular formula is C11H22N2O.